The van der Waals surface area contributed by atoms with Gasteiger partial charge in [0, 0.05) is 17.6 Å². The van der Waals surface area contributed by atoms with Gasteiger partial charge in [0.05, 0.1) is 4.90 Å². The average Bonchev–Trinajstić information content (AvgIpc) is 2.71. The lowest BCUT2D eigenvalue weighted by Gasteiger charge is -2.28. The highest BCUT2D eigenvalue weighted by Gasteiger charge is 2.28. The quantitative estimate of drug-likeness (QED) is 0.624. The van der Waals surface area contributed by atoms with E-state index in [1.807, 2.05) is 0 Å². The first-order chi connectivity index (χ1) is 10.3. The Morgan fingerprint density at radius 2 is 1.83 bits per heavy atom. The van der Waals surface area contributed by atoms with Gasteiger partial charge in [0.15, 0.2) is 5.78 Å². The number of ketones is 1. The maximum absolute atomic E-state index is 12.4. The lowest BCUT2D eigenvalue weighted by molar-refractivity contribution is 0.101. The summed E-state index contributed by atoms with van der Waals surface area (Å²) < 4.78 is 27.4. The molecule has 0 aromatic heterocycles. The van der Waals surface area contributed by atoms with Crippen LogP contribution in [0.25, 0.3) is 0 Å². The predicted molar refractivity (Wildman–Crippen MR) is 93.5 cm³/mol. The van der Waals surface area contributed by atoms with Crippen LogP contribution < -0.4 is 10.5 Å². The molecule has 1 saturated carbocycles. The molecule has 0 aliphatic heterocycles. The van der Waals surface area contributed by atoms with Gasteiger partial charge in [-0.3, -0.25) is 4.79 Å². The highest BCUT2D eigenvalue weighted by Crippen LogP contribution is 2.25. The summed E-state index contributed by atoms with van der Waals surface area (Å²) in [6, 6.07) is 6.08. The van der Waals surface area contributed by atoms with Crippen LogP contribution in [0.3, 0.4) is 0 Å². The van der Waals surface area contributed by atoms with Crippen LogP contribution in [0.4, 0.5) is 0 Å². The minimum atomic E-state index is -3.65. The maximum Gasteiger partial charge on any atom is 0.240 e. The van der Waals surface area contributed by atoms with Crippen molar-refractivity contribution in [3.63, 3.8) is 0 Å². The molecule has 3 N–H and O–H groups in total. The molecule has 1 aromatic rings. The lowest BCUT2D eigenvalue weighted by atomic mass is 9.92. The minimum Gasteiger partial charge on any atom is -0.324 e. The van der Waals surface area contributed by atoms with Crippen molar-refractivity contribution in [3.05, 3.63) is 29.8 Å². The van der Waals surface area contributed by atoms with Crippen molar-refractivity contribution in [2.24, 2.45) is 5.73 Å². The molecule has 0 atom stereocenters. The Kier molecular flexibility index (Phi) is 7.20. The largest absolute Gasteiger partial charge is 0.324 e. The van der Waals surface area contributed by atoms with E-state index < -0.39 is 15.6 Å². The summed E-state index contributed by atoms with van der Waals surface area (Å²) in [6.45, 7) is 1.65. The van der Waals surface area contributed by atoms with Gasteiger partial charge >= 0.3 is 0 Å². The van der Waals surface area contributed by atoms with Crippen LogP contribution in [0, 0.1) is 0 Å². The number of Topliss-reactive ketones (excluding diaryl/α,β-unsaturated/α-hetero) is 1. The highest BCUT2D eigenvalue weighted by molar-refractivity contribution is 7.89. The zero-order valence-corrected chi connectivity index (χ0v) is 15.0. The minimum absolute atomic E-state index is 0. The van der Waals surface area contributed by atoms with E-state index in [9.17, 15) is 13.2 Å². The van der Waals surface area contributed by atoms with Gasteiger partial charge in [0.1, 0.15) is 0 Å². The Bertz CT molecular complexity index is 638. The molecule has 130 valence electrons. The molecule has 23 heavy (non-hydrogen) atoms. The van der Waals surface area contributed by atoms with Gasteiger partial charge in [-0.1, -0.05) is 37.8 Å². The van der Waals surface area contributed by atoms with Crippen LogP contribution in [0.1, 0.15) is 55.8 Å². The molecular weight excluding hydrogens is 336 g/mol. The second-order valence-corrected chi connectivity index (χ2v) is 7.95. The Hall–Kier alpha value is -0.950. The number of sulfonamides is 1. The fraction of sp³-hybridized carbons (Fsp3) is 0.562. The van der Waals surface area contributed by atoms with Crippen molar-refractivity contribution < 1.29 is 13.2 Å². The highest BCUT2D eigenvalue weighted by atomic mass is 35.5. The number of carbonyl (C=O) groups is 1. The standard InChI is InChI=1S/C16H24N2O3S.ClH/c1-13(19)14-7-6-8-15(11-14)22(20,21)18-12-16(17)9-4-2-3-5-10-16;/h6-8,11,18H,2-5,9-10,12,17H2,1H3;1H. The van der Waals surface area contributed by atoms with Crippen LogP contribution in [0.5, 0.6) is 0 Å². The zero-order valence-electron chi connectivity index (χ0n) is 13.4. The van der Waals surface area contributed by atoms with Crippen LogP contribution >= 0.6 is 12.4 Å². The van der Waals surface area contributed by atoms with Crippen molar-refractivity contribution in [1.82, 2.24) is 4.72 Å². The summed E-state index contributed by atoms with van der Waals surface area (Å²) in [7, 11) is -3.65. The summed E-state index contributed by atoms with van der Waals surface area (Å²) in [5.74, 6) is -0.156. The van der Waals surface area contributed by atoms with Crippen LogP contribution in [0.2, 0.25) is 0 Å². The van der Waals surface area contributed by atoms with Gasteiger partial charge in [0.25, 0.3) is 0 Å². The van der Waals surface area contributed by atoms with E-state index in [-0.39, 0.29) is 29.6 Å². The molecule has 0 radical (unpaired) electrons. The number of hydrogen-bond acceptors (Lipinski definition) is 4. The fourth-order valence-corrected chi connectivity index (χ4v) is 4.00. The average molecular weight is 361 g/mol. The monoisotopic (exact) mass is 360 g/mol. The molecule has 0 bridgehead atoms. The molecule has 1 fully saturated rings. The molecule has 0 amide bonds. The number of halogens is 1. The number of nitrogens with two attached hydrogens (primary N) is 1. The van der Waals surface area contributed by atoms with E-state index in [1.165, 1.54) is 19.1 Å². The van der Waals surface area contributed by atoms with Crippen molar-refractivity contribution >= 4 is 28.2 Å². The third-order valence-corrected chi connectivity index (χ3v) is 5.66. The fourth-order valence-electron chi connectivity index (χ4n) is 2.81. The lowest BCUT2D eigenvalue weighted by Crippen LogP contribution is -2.49. The zero-order chi connectivity index (χ0) is 16.2. The van der Waals surface area contributed by atoms with E-state index in [0.29, 0.717) is 5.56 Å². The molecule has 0 spiro atoms. The number of rotatable bonds is 5. The molecular formula is C16H25ClN2O3S. The number of nitrogens with one attached hydrogen (secondary N) is 1. The molecule has 0 unspecified atom stereocenters. The molecule has 1 aliphatic carbocycles. The normalized spacial score (nSPS) is 17.8. The first-order valence-electron chi connectivity index (χ1n) is 7.72. The molecule has 1 aliphatic rings. The molecule has 0 saturated heterocycles. The molecule has 7 heteroatoms. The summed E-state index contributed by atoms with van der Waals surface area (Å²) in [4.78, 5) is 11.5. The van der Waals surface area contributed by atoms with Crippen LogP contribution in [-0.4, -0.2) is 26.3 Å². The third kappa shape index (κ3) is 5.57. The SMILES string of the molecule is CC(=O)c1cccc(S(=O)(=O)NCC2(N)CCCCCC2)c1.Cl. The molecule has 0 heterocycles. The Balaban J connectivity index is 0.00000264. The predicted octanol–water partition coefficient (Wildman–Crippen LogP) is 2.64. The summed E-state index contributed by atoms with van der Waals surface area (Å²) in [6.07, 6.45) is 6.07. The van der Waals surface area contributed by atoms with E-state index in [2.05, 4.69) is 4.72 Å². The second-order valence-electron chi connectivity index (χ2n) is 6.19. The number of hydrogen-bond donors (Lipinski definition) is 2. The van der Waals surface area contributed by atoms with Crippen molar-refractivity contribution in [1.29, 1.82) is 0 Å². The molecule has 5 nitrogen and oxygen atoms in total. The van der Waals surface area contributed by atoms with Crippen molar-refractivity contribution in [2.45, 2.75) is 55.9 Å². The van der Waals surface area contributed by atoms with Crippen LogP contribution in [0.15, 0.2) is 29.2 Å². The Morgan fingerprint density at radius 3 is 2.39 bits per heavy atom. The van der Waals surface area contributed by atoms with Gasteiger partial charge in [-0.2, -0.15) is 0 Å². The number of carbonyl (C=O) groups excluding carboxylic acids is 1. The summed E-state index contributed by atoms with van der Waals surface area (Å²) >= 11 is 0. The topological polar surface area (TPSA) is 89.3 Å². The van der Waals surface area contributed by atoms with Crippen molar-refractivity contribution in [3.8, 4) is 0 Å². The molecule has 2 rings (SSSR count). The van der Waals surface area contributed by atoms with Gasteiger partial charge in [-0.05, 0) is 31.9 Å². The first kappa shape index (κ1) is 20.1. The molecule has 1 aromatic carbocycles. The first-order valence-corrected chi connectivity index (χ1v) is 9.20. The summed E-state index contributed by atoms with van der Waals surface area (Å²) in [5, 5.41) is 0. The van der Waals surface area contributed by atoms with Crippen molar-refractivity contribution in [2.75, 3.05) is 6.54 Å². The van der Waals surface area contributed by atoms with E-state index in [0.717, 1.165) is 38.5 Å². The van der Waals surface area contributed by atoms with E-state index in [4.69, 9.17) is 5.73 Å². The second kappa shape index (κ2) is 8.24. The Morgan fingerprint density at radius 1 is 1.22 bits per heavy atom. The summed E-state index contributed by atoms with van der Waals surface area (Å²) in [5.41, 5.74) is 6.26. The van der Waals surface area contributed by atoms with E-state index in [1.54, 1.807) is 12.1 Å². The van der Waals surface area contributed by atoms with Gasteiger partial charge in [0.2, 0.25) is 10.0 Å². The maximum atomic E-state index is 12.4. The number of benzene rings is 1. The van der Waals surface area contributed by atoms with Gasteiger partial charge in [-0.25, -0.2) is 13.1 Å². The Labute approximate surface area is 144 Å². The smallest absolute Gasteiger partial charge is 0.240 e. The van der Waals surface area contributed by atoms with Gasteiger partial charge < -0.3 is 5.73 Å². The van der Waals surface area contributed by atoms with E-state index >= 15 is 0 Å². The van der Waals surface area contributed by atoms with Crippen LogP contribution in [-0.2, 0) is 10.0 Å². The third-order valence-electron chi connectivity index (χ3n) is 4.26. The van der Waals surface area contributed by atoms with Gasteiger partial charge in [-0.15, -0.1) is 12.4 Å².